The van der Waals surface area contributed by atoms with Crippen molar-refractivity contribution in [3.05, 3.63) is 41.0 Å². The molecule has 0 atom stereocenters. The molecule has 0 spiro atoms. The van der Waals surface area contributed by atoms with Crippen molar-refractivity contribution < 1.29 is 23.9 Å². The van der Waals surface area contributed by atoms with Gasteiger partial charge in [0.15, 0.2) is 0 Å². The lowest BCUT2D eigenvalue weighted by atomic mass is 10.2. The van der Waals surface area contributed by atoms with Crippen LogP contribution in [0, 0.1) is 5.21 Å². The minimum absolute atomic E-state index is 0.00178. The molecule has 0 saturated heterocycles. The Kier molecular flexibility index (Phi) is 3.75. The summed E-state index contributed by atoms with van der Waals surface area (Å²) < 4.78 is 8.70. The standard InChI is InChI=1S/C10H9N5O5/c11-10(17)19-9-7(15(18)20-14-9)5-13-8(16)6-2-1-3-12-4-6/h1-4H,5H2,(H2,11,17)(H,13,16). The van der Waals surface area contributed by atoms with E-state index in [1.165, 1.54) is 12.4 Å². The van der Waals surface area contributed by atoms with Crippen LogP contribution in [0.4, 0.5) is 4.79 Å². The largest absolute Gasteiger partial charge is 0.412 e. The van der Waals surface area contributed by atoms with Crippen LogP contribution < -0.4 is 20.7 Å². The van der Waals surface area contributed by atoms with Gasteiger partial charge in [-0.1, -0.05) is 0 Å². The fourth-order valence-electron chi connectivity index (χ4n) is 1.33. The van der Waals surface area contributed by atoms with E-state index in [1.54, 1.807) is 12.1 Å². The first kappa shape index (κ1) is 13.3. The Bertz CT molecular complexity index is 626. The first-order valence-electron chi connectivity index (χ1n) is 5.32. The maximum atomic E-state index is 11.7. The molecule has 0 aliphatic carbocycles. The molecule has 0 bridgehead atoms. The zero-order chi connectivity index (χ0) is 14.5. The van der Waals surface area contributed by atoms with E-state index >= 15 is 0 Å². The number of pyridine rings is 1. The van der Waals surface area contributed by atoms with Crippen LogP contribution in [0.1, 0.15) is 16.1 Å². The second kappa shape index (κ2) is 5.65. The van der Waals surface area contributed by atoms with Gasteiger partial charge in [-0.25, -0.2) is 4.79 Å². The molecular formula is C10H9N5O5. The second-order valence-corrected chi connectivity index (χ2v) is 3.53. The first-order valence-corrected chi connectivity index (χ1v) is 5.32. The fourth-order valence-corrected chi connectivity index (χ4v) is 1.33. The van der Waals surface area contributed by atoms with Gasteiger partial charge in [0.1, 0.15) is 0 Å². The lowest BCUT2D eigenvalue weighted by molar-refractivity contribution is -0.808. The molecule has 10 heteroatoms. The van der Waals surface area contributed by atoms with Crippen molar-refractivity contribution >= 4 is 12.0 Å². The maximum absolute atomic E-state index is 11.7. The lowest BCUT2D eigenvalue weighted by Crippen LogP contribution is -2.34. The molecule has 104 valence electrons. The molecule has 2 heterocycles. The molecule has 20 heavy (non-hydrogen) atoms. The molecule has 2 rings (SSSR count). The Labute approximate surface area is 111 Å². The van der Waals surface area contributed by atoms with E-state index in [0.29, 0.717) is 5.56 Å². The number of nitrogens with zero attached hydrogens (tertiary/aromatic N) is 3. The molecule has 10 nitrogen and oxygen atoms in total. The van der Waals surface area contributed by atoms with Crippen LogP contribution in [-0.4, -0.2) is 22.1 Å². The van der Waals surface area contributed by atoms with Gasteiger partial charge >= 0.3 is 12.0 Å². The van der Waals surface area contributed by atoms with E-state index in [2.05, 4.69) is 24.8 Å². The van der Waals surface area contributed by atoms with Gasteiger partial charge in [0.25, 0.3) is 11.6 Å². The summed E-state index contributed by atoms with van der Waals surface area (Å²) in [5, 5.41) is 16.9. The van der Waals surface area contributed by atoms with Crippen LogP contribution in [0.3, 0.4) is 0 Å². The number of rotatable bonds is 4. The van der Waals surface area contributed by atoms with Crippen LogP contribution >= 0.6 is 0 Å². The number of nitrogens with two attached hydrogens (primary N) is 1. The van der Waals surface area contributed by atoms with Gasteiger partial charge in [0.2, 0.25) is 0 Å². The van der Waals surface area contributed by atoms with Crippen molar-refractivity contribution in [1.82, 2.24) is 15.5 Å². The molecule has 2 aromatic rings. The SMILES string of the molecule is NC(=O)Oc1no[n+]([O-])c1CNC(=O)c1cccnc1. The summed E-state index contributed by atoms with van der Waals surface area (Å²) in [5.41, 5.74) is 4.91. The Balaban J connectivity index is 2.06. The minimum atomic E-state index is -1.15. The predicted octanol–water partition coefficient (Wildman–Crippen LogP) is -0.909. The van der Waals surface area contributed by atoms with Gasteiger partial charge < -0.3 is 21.0 Å². The van der Waals surface area contributed by atoms with E-state index in [-0.39, 0.29) is 17.1 Å². The van der Waals surface area contributed by atoms with Crippen molar-refractivity contribution in [3.8, 4) is 5.88 Å². The normalized spacial score (nSPS) is 10.0. The van der Waals surface area contributed by atoms with Gasteiger partial charge in [0, 0.05) is 12.4 Å². The molecule has 0 saturated carbocycles. The Morgan fingerprint density at radius 3 is 3.00 bits per heavy atom. The van der Waals surface area contributed by atoms with Crippen molar-refractivity contribution in [2.45, 2.75) is 6.54 Å². The molecule has 0 aliphatic rings. The smallest absolute Gasteiger partial charge is 0.365 e. The third-order valence-corrected chi connectivity index (χ3v) is 2.20. The summed E-state index contributed by atoms with van der Waals surface area (Å²) >= 11 is 0. The van der Waals surface area contributed by atoms with Crippen LogP contribution in [-0.2, 0) is 6.54 Å². The van der Waals surface area contributed by atoms with Gasteiger partial charge in [-0.2, -0.15) is 0 Å². The fraction of sp³-hybridized carbons (Fsp3) is 0.100. The third kappa shape index (κ3) is 2.98. The summed E-state index contributed by atoms with van der Waals surface area (Å²) in [6.45, 7) is -0.261. The number of carbonyl (C=O) groups excluding carboxylic acids is 2. The van der Waals surface area contributed by atoms with E-state index in [4.69, 9.17) is 5.73 Å². The first-order chi connectivity index (χ1) is 9.58. The van der Waals surface area contributed by atoms with Crippen LogP contribution in [0.25, 0.3) is 0 Å². The van der Waals surface area contributed by atoms with E-state index in [0.717, 1.165) is 0 Å². The summed E-state index contributed by atoms with van der Waals surface area (Å²) in [7, 11) is 0. The van der Waals surface area contributed by atoms with Crippen LogP contribution in [0.15, 0.2) is 29.2 Å². The molecule has 0 aromatic carbocycles. The molecule has 3 N–H and O–H groups in total. The van der Waals surface area contributed by atoms with Crippen molar-refractivity contribution in [3.63, 3.8) is 0 Å². The molecule has 0 aliphatic heterocycles. The van der Waals surface area contributed by atoms with Crippen molar-refractivity contribution in [2.75, 3.05) is 0 Å². The van der Waals surface area contributed by atoms with Crippen molar-refractivity contribution in [2.24, 2.45) is 5.73 Å². The van der Waals surface area contributed by atoms with E-state index < -0.39 is 17.9 Å². The average Bonchev–Trinajstić information content (AvgIpc) is 2.77. The third-order valence-electron chi connectivity index (χ3n) is 2.20. The molecule has 0 unspecified atom stereocenters. The quantitative estimate of drug-likeness (QED) is 0.688. The molecule has 2 aromatic heterocycles. The van der Waals surface area contributed by atoms with Crippen molar-refractivity contribution in [1.29, 1.82) is 0 Å². The zero-order valence-electron chi connectivity index (χ0n) is 9.98. The molecule has 0 fully saturated rings. The number of ether oxygens (including phenoxy) is 1. The molecule has 2 amide bonds. The number of primary amides is 1. The molecular weight excluding hydrogens is 270 g/mol. The maximum Gasteiger partial charge on any atom is 0.412 e. The van der Waals surface area contributed by atoms with Gasteiger partial charge in [-0.3, -0.25) is 14.4 Å². The summed E-state index contributed by atoms with van der Waals surface area (Å²) in [6.07, 6.45) is 1.72. The van der Waals surface area contributed by atoms with Crippen LogP contribution in [0.5, 0.6) is 5.88 Å². The van der Waals surface area contributed by atoms with E-state index in [9.17, 15) is 14.8 Å². The number of amides is 2. The summed E-state index contributed by atoms with van der Waals surface area (Å²) in [5.74, 6) is -0.872. The Morgan fingerprint density at radius 2 is 2.35 bits per heavy atom. The monoisotopic (exact) mass is 279 g/mol. The highest BCUT2D eigenvalue weighted by atomic mass is 16.8. The number of carbonyl (C=O) groups is 2. The predicted molar refractivity (Wildman–Crippen MR) is 61.1 cm³/mol. The zero-order valence-corrected chi connectivity index (χ0v) is 9.98. The highest BCUT2D eigenvalue weighted by Crippen LogP contribution is 2.10. The average molecular weight is 279 g/mol. The lowest BCUT2D eigenvalue weighted by Gasteiger charge is -2.02. The molecule has 0 radical (unpaired) electrons. The second-order valence-electron chi connectivity index (χ2n) is 3.53. The Hall–Kier alpha value is -3.17. The summed E-state index contributed by atoms with van der Waals surface area (Å²) in [4.78, 5) is 26.1. The number of aromatic nitrogens is 3. The van der Waals surface area contributed by atoms with Gasteiger partial charge in [-0.05, 0) is 17.0 Å². The van der Waals surface area contributed by atoms with Crippen LogP contribution in [0.2, 0.25) is 0 Å². The number of nitrogens with one attached hydrogen (secondary N) is 1. The highest BCUT2D eigenvalue weighted by Gasteiger charge is 2.23. The van der Waals surface area contributed by atoms with E-state index in [1.807, 2.05) is 0 Å². The number of hydrogen-bond donors (Lipinski definition) is 2. The highest BCUT2D eigenvalue weighted by molar-refractivity contribution is 5.93. The van der Waals surface area contributed by atoms with Gasteiger partial charge in [0.05, 0.1) is 17.3 Å². The topological polar surface area (TPSA) is 147 Å². The minimum Gasteiger partial charge on any atom is -0.365 e. The number of hydrogen-bond acceptors (Lipinski definition) is 7. The van der Waals surface area contributed by atoms with Gasteiger partial charge in [-0.15, -0.1) is 0 Å². The summed E-state index contributed by atoms with van der Waals surface area (Å²) in [6, 6.07) is 3.13. The Morgan fingerprint density at radius 1 is 1.55 bits per heavy atom.